The predicted molar refractivity (Wildman–Crippen MR) is 210 cm³/mol. The number of hydrogen-bond acceptors (Lipinski definition) is 4. The summed E-state index contributed by atoms with van der Waals surface area (Å²) in [5, 5.41) is 7.49. The number of fused-ring (bicyclic) bond motifs is 2. The Balaban J connectivity index is 1.50. The van der Waals surface area contributed by atoms with E-state index in [-0.39, 0.29) is 0 Å². The highest BCUT2D eigenvalue weighted by molar-refractivity contribution is 7.80. The lowest BCUT2D eigenvalue weighted by Gasteiger charge is -2.31. The Kier molecular flexibility index (Phi) is 10.1. The monoisotopic (exact) mass is 694 g/mol. The summed E-state index contributed by atoms with van der Waals surface area (Å²) in [5.41, 5.74) is 2.08. The van der Waals surface area contributed by atoms with E-state index in [0.717, 1.165) is 59.8 Å². The van der Waals surface area contributed by atoms with Gasteiger partial charge in [0.05, 0.1) is 26.4 Å². The van der Waals surface area contributed by atoms with Gasteiger partial charge in [-0.05, 0) is 97.6 Å². The normalized spacial score (nSPS) is 14.4. The van der Waals surface area contributed by atoms with E-state index in [2.05, 4.69) is 146 Å². The Morgan fingerprint density at radius 2 is 0.620 bits per heavy atom. The number of rotatable bonds is 7. The Labute approximate surface area is 297 Å². The molecule has 4 nitrogen and oxygen atoms in total. The molecular weight excluding hydrogens is 654 g/mol. The van der Waals surface area contributed by atoms with Crippen LogP contribution in [0, 0.1) is 0 Å². The zero-order chi connectivity index (χ0) is 33.5. The maximum absolute atomic E-state index is 6.87. The molecule has 6 aromatic rings. The number of benzene rings is 6. The Morgan fingerprint density at radius 1 is 0.320 bits per heavy atom. The molecule has 0 spiro atoms. The van der Waals surface area contributed by atoms with Gasteiger partial charge < -0.3 is 18.9 Å². The average molecular weight is 695 g/mol. The van der Waals surface area contributed by atoms with Crippen LogP contribution in [-0.2, 0) is 0 Å². The van der Waals surface area contributed by atoms with Gasteiger partial charge in [0, 0.05) is 11.1 Å². The SMILES string of the molecule is c1ccc(P(c2ccccc2)c2ccc3c(c2-c2c(P(c4ccccc4)c4ccccc4)ccc4c2OCCCCO4)OCCCCO3)cc1. The minimum Gasteiger partial charge on any atom is -0.490 e. The minimum absolute atomic E-state index is 0.620. The molecule has 0 N–H and O–H groups in total. The first-order chi connectivity index (χ1) is 24.9. The molecule has 8 rings (SSSR count). The van der Waals surface area contributed by atoms with Crippen molar-refractivity contribution in [1.82, 2.24) is 0 Å². The van der Waals surface area contributed by atoms with Gasteiger partial charge in [-0.3, -0.25) is 0 Å². The molecule has 50 heavy (non-hydrogen) atoms. The molecule has 6 aromatic carbocycles. The maximum atomic E-state index is 6.87. The number of ether oxygens (including phenoxy) is 4. The molecule has 0 bridgehead atoms. The highest BCUT2D eigenvalue weighted by atomic mass is 31.1. The van der Waals surface area contributed by atoms with Crippen molar-refractivity contribution >= 4 is 47.7 Å². The number of hydrogen-bond donors (Lipinski definition) is 0. The van der Waals surface area contributed by atoms with E-state index in [0.29, 0.717) is 26.4 Å². The first-order valence-corrected chi connectivity index (χ1v) is 20.2. The van der Waals surface area contributed by atoms with Crippen LogP contribution in [0.1, 0.15) is 25.7 Å². The standard InChI is InChI=1S/C44H40O4P2/c1-5-17-33(18-6-1)49(34-19-7-2-8-20-34)39-27-25-37-43(47-31-15-13-29-45-37)41(39)42-40(28-26-38-44(42)48-32-16-14-30-46-38)50(35-21-9-3-10-22-35)36-23-11-4-12-24-36/h1-12,17-28H,13-16,29-32H2. The molecule has 0 saturated heterocycles. The van der Waals surface area contributed by atoms with Crippen LogP contribution in [-0.4, -0.2) is 26.4 Å². The minimum atomic E-state index is -1.01. The van der Waals surface area contributed by atoms with E-state index in [4.69, 9.17) is 18.9 Å². The lowest BCUT2D eigenvalue weighted by Crippen LogP contribution is -2.27. The molecule has 0 amide bonds. The fraction of sp³-hybridized carbons (Fsp3) is 0.182. The topological polar surface area (TPSA) is 36.9 Å². The second kappa shape index (κ2) is 15.5. The molecule has 0 aromatic heterocycles. The molecule has 2 heterocycles. The largest absolute Gasteiger partial charge is 0.490 e. The summed E-state index contributed by atoms with van der Waals surface area (Å²) in [4.78, 5) is 0. The molecule has 250 valence electrons. The van der Waals surface area contributed by atoms with Crippen LogP contribution in [0.4, 0.5) is 0 Å². The third-order valence-electron chi connectivity index (χ3n) is 9.07. The fourth-order valence-electron chi connectivity index (χ4n) is 6.76. The summed E-state index contributed by atoms with van der Waals surface area (Å²) < 4.78 is 26.8. The van der Waals surface area contributed by atoms with Gasteiger partial charge in [-0.1, -0.05) is 121 Å². The summed E-state index contributed by atoms with van der Waals surface area (Å²) in [7, 11) is -2.02. The van der Waals surface area contributed by atoms with Crippen LogP contribution in [0.25, 0.3) is 11.1 Å². The van der Waals surface area contributed by atoms with Crippen molar-refractivity contribution in [2.45, 2.75) is 25.7 Å². The van der Waals surface area contributed by atoms with Crippen molar-refractivity contribution in [1.29, 1.82) is 0 Å². The molecule has 0 saturated carbocycles. The van der Waals surface area contributed by atoms with Gasteiger partial charge in [-0.2, -0.15) is 0 Å². The van der Waals surface area contributed by atoms with Crippen LogP contribution in [0.2, 0.25) is 0 Å². The van der Waals surface area contributed by atoms with Gasteiger partial charge in [0.25, 0.3) is 0 Å². The van der Waals surface area contributed by atoms with Gasteiger partial charge in [-0.15, -0.1) is 0 Å². The van der Waals surface area contributed by atoms with E-state index in [1.807, 2.05) is 0 Å². The smallest absolute Gasteiger partial charge is 0.169 e. The quantitative estimate of drug-likeness (QED) is 0.159. The van der Waals surface area contributed by atoms with E-state index in [9.17, 15) is 0 Å². The summed E-state index contributed by atoms with van der Waals surface area (Å²) in [6.45, 7) is 2.55. The zero-order valence-electron chi connectivity index (χ0n) is 28.0. The highest BCUT2D eigenvalue weighted by Crippen LogP contribution is 2.52. The fourth-order valence-corrected chi connectivity index (χ4v) is 11.7. The molecule has 0 aliphatic carbocycles. The van der Waals surface area contributed by atoms with Crippen LogP contribution < -0.4 is 50.8 Å². The second-order valence-electron chi connectivity index (χ2n) is 12.4. The molecule has 0 fully saturated rings. The van der Waals surface area contributed by atoms with Crippen molar-refractivity contribution in [3.8, 4) is 34.1 Å². The Morgan fingerprint density at radius 3 is 0.940 bits per heavy atom. The Bertz CT molecular complexity index is 1790. The molecule has 2 aliphatic rings. The summed E-state index contributed by atoms with van der Waals surface area (Å²) >= 11 is 0. The third kappa shape index (κ3) is 6.76. The zero-order valence-corrected chi connectivity index (χ0v) is 29.8. The average Bonchev–Trinajstić information content (AvgIpc) is 3.15. The highest BCUT2D eigenvalue weighted by Gasteiger charge is 2.33. The molecule has 0 unspecified atom stereocenters. The molecule has 0 atom stereocenters. The first-order valence-electron chi connectivity index (χ1n) is 17.5. The van der Waals surface area contributed by atoms with Crippen molar-refractivity contribution in [3.05, 3.63) is 146 Å². The van der Waals surface area contributed by atoms with E-state index in [1.165, 1.54) is 31.8 Å². The second-order valence-corrected chi connectivity index (χ2v) is 16.8. The van der Waals surface area contributed by atoms with Gasteiger partial charge in [0.1, 0.15) is 0 Å². The van der Waals surface area contributed by atoms with Gasteiger partial charge in [0.2, 0.25) is 0 Å². The predicted octanol–water partition coefficient (Wildman–Crippen LogP) is 7.97. The van der Waals surface area contributed by atoms with Crippen molar-refractivity contribution in [2.24, 2.45) is 0 Å². The van der Waals surface area contributed by atoms with Gasteiger partial charge in [-0.25, -0.2) is 0 Å². The van der Waals surface area contributed by atoms with Crippen LogP contribution in [0.3, 0.4) is 0 Å². The third-order valence-corrected chi connectivity index (χ3v) is 14.0. The summed E-state index contributed by atoms with van der Waals surface area (Å²) in [6.07, 6.45) is 3.76. The van der Waals surface area contributed by atoms with Crippen LogP contribution >= 0.6 is 15.8 Å². The van der Waals surface area contributed by atoms with Crippen LogP contribution in [0.5, 0.6) is 23.0 Å². The maximum Gasteiger partial charge on any atom is 0.169 e. The molecule has 0 radical (unpaired) electrons. The van der Waals surface area contributed by atoms with Crippen molar-refractivity contribution < 1.29 is 18.9 Å². The summed E-state index contributed by atoms with van der Waals surface area (Å²) in [5.74, 6) is 3.13. The van der Waals surface area contributed by atoms with Crippen LogP contribution in [0.15, 0.2) is 146 Å². The van der Waals surface area contributed by atoms with Crippen molar-refractivity contribution in [2.75, 3.05) is 26.4 Å². The lowest BCUT2D eigenvalue weighted by molar-refractivity contribution is 0.222. The first kappa shape index (κ1) is 32.6. The van der Waals surface area contributed by atoms with Gasteiger partial charge in [0.15, 0.2) is 23.0 Å². The molecular formula is C44H40O4P2. The van der Waals surface area contributed by atoms with E-state index < -0.39 is 15.8 Å². The molecule has 2 aliphatic heterocycles. The van der Waals surface area contributed by atoms with Crippen molar-refractivity contribution in [3.63, 3.8) is 0 Å². The summed E-state index contributed by atoms with van der Waals surface area (Å²) in [6, 6.07) is 52.4. The lowest BCUT2D eigenvalue weighted by atomic mass is 10.0. The van der Waals surface area contributed by atoms with E-state index >= 15 is 0 Å². The van der Waals surface area contributed by atoms with Gasteiger partial charge >= 0.3 is 0 Å². The van der Waals surface area contributed by atoms with E-state index in [1.54, 1.807) is 0 Å². The Hall–Kier alpha value is -4.62. The molecule has 6 heteroatoms.